The van der Waals surface area contributed by atoms with Crippen LogP contribution >= 0.6 is 27.5 Å². The van der Waals surface area contributed by atoms with Crippen LogP contribution in [0.1, 0.15) is 44.7 Å². The predicted octanol–water partition coefficient (Wildman–Crippen LogP) is 4.90. The van der Waals surface area contributed by atoms with E-state index in [1.807, 2.05) is 32.9 Å². The van der Waals surface area contributed by atoms with E-state index < -0.39 is 11.2 Å². The van der Waals surface area contributed by atoms with Crippen LogP contribution < -0.4 is 0 Å². The van der Waals surface area contributed by atoms with Gasteiger partial charge in [-0.15, -0.1) is 0 Å². The summed E-state index contributed by atoms with van der Waals surface area (Å²) in [6, 6.07) is 3.92. The largest absolute Gasteiger partial charge is 0.444 e. The van der Waals surface area contributed by atoms with E-state index in [2.05, 4.69) is 15.9 Å². The zero-order valence-corrected chi connectivity index (χ0v) is 16.7. The van der Waals surface area contributed by atoms with Crippen LogP contribution in [0.2, 0.25) is 5.02 Å². The Bertz CT molecular complexity index is 658. The summed E-state index contributed by atoms with van der Waals surface area (Å²) >= 11 is 9.86. The van der Waals surface area contributed by atoms with Crippen LogP contribution in [0.4, 0.5) is 4.79 Å². The van der Waals surface area contributed by atoms with E-state index in [9.17, 15) is 4.79 Å². The number of amides is 1. The number of aryl methyl sites for hydroxylation is 1. The van der Waals surface area contributed by atoms with Gasteiger partial charge in [0.15, 0.2) is 0 Å². The third-order valence-electron chi connectivity index (χ3n) is 4.46. The molecule has 6 heteroatoms. The average molecular weight is 417 g/mol. The van der Waals surface area contributed by atoms with Crippen LogP contribution in [-0.4, -0.2) is 36.3 Å². The highest BCUT2D eigenvalue weighted by atomic mass is 79.9. The van der Waals surface area contributed by atoms with E-state index >= 15 is 0 Å². The van der Waals surface area contributed by atoms with Crippen molar-refractivity contribution in [3.8, 4) is 0 Å². The Balaban J connectivity index is 1.91. The molecule has 1 heterocycles. The first-order chi connectivity index (χ1) is 11.2. The van der Waals surface area contributed by atoms with E-state index in [1.165, 1.54) is 5.56 Å². The van der Waals surface area contributed by atoms with E-state index in [0.717, 1.165) is 34.3 Å². The quantitative estimate of drug-likeness (QED) is 0.604. The number of benzene rings is 1. The second-order valence-corrected chi connectivity index (χ2v) is 8.81. The van der Waals surface area contributed by atoms with E-state index in [4.69, 9.17) is 21.1 Å². The van der Waals surface area contributed by atoms with Crippen molar-refractivity contribution in [2.75, 3.05) is 19.7 Å². The molecule has 0 bridgehead atoms. The minimum absolute atomic E-state index is 0.276. The number of rotatable bonds is 0. The standard InChI is InChI=1S/C18H23BrClNO3/c1-17(2,3)24-16(22)21-7-8-23-18(11-21)6-4-5-12-9-13(20)10-14(19)15(12)18/h9-10H,4-8,11H2,1-3H3/t18-/m0/s1. The van der Waals surface area contributed by atoms with Crippen molar-refractivity contribution in [2.24, 2.45) is 0 Å². The van der Waals surface area contributed by atoms with E-state index in [0.29, 0.717) is 19.7 Å². The lowest BCUT2D eigenvalue weighted by Gasteiger charge is -2.46. The Kier molecular flexibility index (Phi) is 4.89. The fourth-order valence-corrected chi connectivity index (χ4v) is 4.83. The van der Waals surface area contributed by atoms with Gasteiger partial charge in [0.1, 0.15) is 11.2 Å². The minimum Gasteiger partial charge on any atom is -0.444 e. The molecule has 2 aliphatic rings. The second kappa shape index (κ2) is 6.50. The molecule has 24 heavy (non-hydrogen) atoms. The second-order valence-electron chi connectivity index (χ2n) is 7.52. The van der Waals surface area contributed by atoms with Gasteiger partial charge in [-0.2, -0.15) is 0 Å². The summed E-state index contributed by atoms with van der Waals surface area (Å²) in [4.78, 5) is 14.3. The molecule has 1 atom stereocenters. The number of halogens is 2. The van der Waals surface area contributed by atoms with Crippen LogP contribution in [0.5, 0.6) is 0 Å². The number of carbonyl (C=O) groups excluding carboxylic acids is 1. The molecule has 1 spiro atoms. The molecule has 1 fully saturated rings. The molecule has 3 rings (SSSR count). The smallest absolute Gasteiger partial charge is 0.410 e. The molecule has 0 saturated carbocycles. The maximum atomic E-state index is 12.5. The number of carbonyl (C=O) groups is 1. The first kappa shape index (κ1) is 18.0. The average Bonchev–Trinajstić information content (AvgIpc) is 2.45. The lowest BCUT2D eigenvalue weighted by molar-refractivity contribution is -0.122. The maximum Gasteiger partial charge on any atom is 0.410 e. The third-order valence-corrected chi connectivity index (χ3v) is 5.30. The number of fused-ring (bicyclic) bond motifs is 2. The summed E-state index contributed by atoms with van der Waals surface area (Å²) in [5, 5.41) is 0.720. The van der Waals surface area contributed by atoms with Crippen molar-refractivity contribution in [1.82, 2.24) is 4.90 Å². The molecule has 0 radical (unpaired) electrons. The first-order valence-corrected chi connectivity index (χ1v) is 9.48. The molecule has 1 aromatic carbocycles. The molecular formula is C18H23BrClNO3. The Morgan fingerprint density at radius 1 is 1.42 bits per heavy atom. The highest BCUT2D eigenvalue weighted by Crippen LogP contribution is 2.45. The zero-order chi connectivity index (χ0) is 17.5. The van der Waals surface area contributed by atoms with Gasteiger partial charge in [0.2, 0.25) is 0 Å². The number of hydrogen-bond donors (Lipinski definition) is 0. The van der Waals surface area contributed by atoms with Gasteiger partial charge in [0.25, 0.3) is 0 Å². The number of morpholine rings is 1. The van der Waals surface area contributed by atoms with Crippen LogP contribution in [0.25, 0.3) is 0 Å². The molecule has 132 valence electrons. The monoisotopic (exact) mass is 415 g/mol. The highest BCUT2D eigenvalue weighted by molar-refractivity contribution is 9.10. The van der Waals surface area contributed by atoms with Crippen LogP contribution in [-0.2, 0) is 21.5 Å². The van der Waals surface area contributed by atoms with Crippen molar-refractivity contribution in [3.05, 3.63) is 32.8 Å². The molecule has 0 unspecified atom stereocenters. The summed E-state index contributed by atoms with van der Waals surface area (Å²) in [7, 11) is 0. The Labute approximate surface area is 156 Å². The highest BCUT2D eigenvalue weighted by Gasteiger charge is 2.44. The maximum absolute atomic E-state index is 12.5. The zero-order valence-electron chi connectivity index (χ0n) is 14.3. The molecule has 0 N–H and O–H groups in total. The predicted molar refractivity (Wildman–Crippen MR) is 97.5 cm³/mol. The summed E-state index contributed by atoms with van der Waals surface area (Å²) < 4.78 is 12.7. The molecule has 4 nitrogen and oxygen atoms in total. The van der Waals surface area contributed by atoms with Gasteiger partial charge in [-0.25, -0.2) is 4.79 Å². The van der Waals surface area contributed by atoms with Crippen LogP contribution in [0, 0.1) is 0 Å². The van der Waals surface area contributed by atoms with Crippen molar-refractivity contribution in [3.63, 3.8) is 0 Å². The van der Waals surface area contributed by atoms with Gasteiger partial charge in [-0.1, -0.05) is 27.5 Å². The van der Waals surface area contributed by atoms with Crippen LogP contribution in [0.15, 0.2) is 16.6 Å². The number of nitrogens with zero attached hydrogens (tertiary/aromatic N) is 1. The van der Waals surface area contributed by atoms with Crippen molar-refractivity contribution < 1.29 is 14.3 Å². The summed E-state index contributed by atoms with van der Waals surface area (Å²) in [6.07, 6.45) is 2.61. The van der Waals surface area contributed by atoms with Gasteiger partial charge in [0, 0.05) is 21.6 Å². The molecule has 1 amide bonds. The molecule has 1 aromatic rings. The molecular weight excluding hydrogens is 394 g/mol. The van der Waals surface area contributed by atoms with Gasteiger partial charge in [0.05, 0.1) is 13.2 Å². The normalized spacial score (nSPS) is 24.0. The van der Waals surface area contributed by atoms with E-state index in [-0.39, 0.29) is 6.09 Å². The van der Waals surface area contributed by atoms with Gasteiger partial charge < -0.3 is 14.4 Å². The van der Waals surface area contributed by atoms with Gasteiger partial charge in [-0.3, -0.25) is 0 Å². The van der Waals surface area contributed by atoms with Crippen LogP contribution in [0.3, 0.4) is 0 Å². The van der Waals surface area contributed by atoms with Crippen molar-refractivity contribution in [2.45, 2.75) is 51.2 Å². The first-order valence-electron chi connectivity index (χ1n) is 8.30. The minimum atomic E-state index is -0.499. The summed E-state index contributed by atoms with van der Waals surface area (Å²) in [5.74, 6) is 0. The van der Waals surface area contributed by atoms with Crippen molar-refractivity contribution in [1.29, 1.82) is 0 Å². The fourth-order valence-electron chi connectivity index (χ4n) is 3.59. The van der Waals surface area contributed by atoms with Gasteiger partial charge in [-0.05, 0) is 57.7 Å². The molecule has 1 aliphatic carbocycles. The Morgan fingerprint density at radius 2 is 2.17 bits per heavy atom. The SMILES string of the molecule is CC(C)(C)OC(=O)N1CCO[C@@]2(CCCc3cc(Cl)cc(Br)c32)C1. The number of hydrogen-bond acceptors (Lipinski definition) is 3. The molecule has 1 saturated heterocycles. The number of ether oxygens (including phenoxy) is 2. The third kappa shape index (κ3) is 3.58. The summed E-state index contributed by atoms with van der Waals surface area (Å²) in [6.45, 7) is 7.22. The lowest BCUT2D eigenvalue weighted by Crippen LogP contribution is -2.54. The Morgan fingerprint density at radius 3 is 2.88 bits per heavy atom. The summed E-state index contributed by atoms with van der Waals surface area (Å²) in [5.41, 5.74) is 1.35. The Hall–Kier alpha value is -0.780. The molecule has 1 aliphatic heterocycles. The van der Waals surface area contributed by atoms with E-state index in [1.54, 1.807) is 4.90 Å². The topological polar surface area (TPSA) is 38.8 Å². The van der Waals surface area contributed by atoms with Gasteiger partial charge >= 0.3 is 6.09 Å². The fraction of sp³-hybridized carbons (Fsp3) is 0.611. The van der Waals surface area contributed by atoms with Crippen molar-refractivity contribution >= 4 is 33.6 Å². The molecule has 0 aromatic heterocycles. The lowest BCUT2D eigenvalue weighted by atomic mass is 9.78.